The van der Waals surface area contributed by atoms with Crippen molar-refractivity contribution in [1.82, 2.24) is 24.7 Å². The Kier molecular flexibility index (Phi) is 5.98. The first kappa shape index (κ1) is 19.7. The minimum absolute atomic E-state index is 0.120. The van der Waals surface area contributed by atoms with Gasteiger partial charge in [0, 0.05) is 11.6 Å². The largest absolute Gasteiger partial charge is 0.486 e. The van der Waals surface area contributed by atoms with Gasteiger partial charge in [-0.2, -0.15) is 0 Å². The highest BCUT2D eigenvalue weighted by Crippen LogP contribution is 2.23. The standard InChI is InChI=1S/C19H16ClN5O2S2/c1-2-8-25-16(10-27-13-5-3-12(20)4-6-13)23-24-19(25)29-11-15-21-14-7-9-28-17(14)18(26)22-15/h2-7,9H,1,8,10-11H2,(H,21,22,26). The molecule has 4 rings (SSSR count). The number of benzene rings is 1. The van der Waals surface area contributed by atoms with E-state index in [-0.39, 0.29) is 12.2 Å². The molecule has 0 bridgehead atoms. The Hall–Kier alpha value is -2.62. The molecule has 1 aromatic carbocycles. The second-order valence-electron chi connectivity index (χ2n) is 5.98. The van der Waals surface area contributed by atoms with Crippen molar-refractivity contribution in [2.75, 3.05) is 0 Å². The maximum atomic E-state index is 12.1. The topological polar surface area (TPSA) is 85.7 Å². The van der Waals surface area contributed by atoms with Crippen LogP contribution in [0.1, 0.15) is 11.6 Å². The molecule has 4 aromatic rings. The van der Waals surface area contributed by atoms with Crippen LogP contribution < -0.4 is 10.3 Å². The molecule has 0 unspecified atom stereocenters. The van der Waals surface area contributed by atoms with E-state index in [1.165, 1.54) is 23.1 Å². The SMILES string of the molecule is C=CCn1c(COc2ccc(Cl)cc2)nnc1SCc1nc2ccsc2c(=O)[nH]1. The normalized spacial score (nSPS) is 11.1. The van der Waals surface area contributed by atoms with Gasteiger partial charge in [-0.25, -0.2) is 4.98 Å². The molecular formula is C19H16ClN5O2S2. The highest BCUT2D eigenvalue weighted by Gasteiger charge is 2.14. The Bertz CT molecular complexity index is 1200. The van der Waals surface area contributed by atoms with E-state index in [9.17, 15) is 4.79 Å². The zero-order chi connectivity index (χ0) is 20.2. The quantitative estimate of drug-likeness (QED) is 0.321. The lowest BCUT2D eigenvalue weighted by Gasteiger charge is -2.09. The van der Waals surface area contributed by atoms with Gasteiger partial charge in [0.2, 0.25) is 0 Å². The number of ether oxygens (including phenoxy) is 1. The number of allylic oxidation sites excluding steroid dienone is 1. The number of halogens is 1. The van der Waals surface area contributed by atoms with Crippen LogP contribution in [-0.4, -0.2) is 24.7 Å². The van der Waals surface area contributed by atoms with Crippen molar-refractivity contribution in [1.29, 1.82) is 0 Å². The molecule has 148 valence electrons. The van der Waals surface area contributed by atoms with E-state index in [0.717, 1.165) is 0 Å². The number of rotatable bonds is 8. The molecule has 0 aliphatic carbocycles. The van der Waals surface area contributed by atoms with Gasteiger partial charge in [-0.1, -0.05) is 29.4 Å². The fraction of sp³-hybridized carbons (Fsp3) is 0.158. The average molecular weight is 446 g/mol. The summed E-state index contributed by atoms with van der Waals surface area (Å²) < 4.78 is 8.34. The molecular weight excluding hydrogens is 430 g/mol. The molecule has 7 nitrogen and oxygen atoms in total. The van der Waals surface area contributed by atoms with E-state index in [1.54, 1.807) is 30.3 Å². The number of hydrogen-bond donors (Lipinski definition) is 1. The summed E-state index contributed by atoms with van der Waals surface area (Å²) in [5.74, 6) is 2.44. The monoisotopic (exact) mass is 445 g/mol. The van der Waals surface area contributed by atoms with Gasteiger partial charge in [0.15, 0.2) is 11.0 Å². The van der Waals surface area contributed by atoms with E-state index in [2.05, 4.69) is 26.7 Å². The summed E-state index contributed by atoms with van der Waals surface area (Å²) in [6.07, 6.45) is 1.77. The minimum atomic E-state index is -0.120. The number of nitrogens with one attached hydrogen (secondary N) is 1. The lowest BCUT2D eigenvalue weighted by Crippen LogP contribution is -2.10. The Morgan fingerprint density at radius 2 is 2.10 bits per heavy atom. The molecule has 0 aliphatic rings. The number of thioether (sulfide) groups is 1. The third kappa shape index (κ3) is 4.52. The summed E-state index contributed by atoms with van der Waals surface area (Å²) >= 11 is 8.72. The lowest BCUT2D eigenvalue weighted by atomic mass is 10.3. The Morgan fingerprint density at radius 3 is 2.90 bits per heavy atom. The molecule has 1 N–H and O–H groups in total. The zero-order valence-corrected chi connectivity index (χ0v) is 17.6. The predicted molar refractivity (Wildman–Crippen MR) is 116 cm³/mol. The molecule has 3 heterocycles. The van der Waals surface area contributed by atoms with Crippen LogP contribution in [0.3, 0.4) is 0 Å². The maximum Gasteiger partial charge on any atom is 0.268 e. The molecule has 0 amide bonds. The van der Waals surface area contributed by atoms with Gasteiger partial charge in [-0.05, 0) is 35.7 Å². The molecule has 0 saturated heterocycles. The molecule has 3 aromatic heterocycles. The van der Waals surface area contributed by atoms with Gasteiger partial charge in [0.1, 0.15) is 22.9 Å². The third-order valence-corrected chi connectivity index (χ3v) is 6.12. The van der Waals surface area contributed by atoms with Crippen LogP contribution in [0, 0.1) is 0 Å². The van der Waals surface area contributed by atoms with Crippen molar-refractivity contribution in [3.8, 4) is 5.75 Å². The number of aromatic nitrogens is 5. The number of aromatic amines is 1. The Labute approximate surface area is 179 Å². The van der Waals surface area contributed by atoms with E-state index in [4.69, 9.17) is 16.3 Å². The summed E-state index contributed by atoms with van der Waals surface area (Å²) in [6, 6.07) is 8.98. The van der Waals surface area contributed by atoms with Crippen molar-refractivity contribution in [2.24, 2.45) is 0 Å². The van der Waals surface area contributed by atoms with Crippen LogP contribution in [0.2, 0.25) is 5.02 Å². The van der Waals surface area contributed by atoms with E-state index in [0.29, 0.717) is 50.1 Å². The molecule has 0 fully saturated rings. The number of hydrogen-bond acceptors (Lipinski definition) is 7. The molecule has 0 saturated carbocycles. The van der Waals surface area contributed by atoms with Crippen LogP contribution in [0.5, 0.6) is 5.75 Å². The smallest absolute Gasteiger partial charge is 0.268 e. The first-order valence-electron chi connectivity index (χ1n) is 8.64. The zero-order valence-electron chi connectivity index (χ0n) is 15.2. The van der Waals surface area contributed by atoms with Crippen molar-refractivity contribution < 1.29 is 4.74 Å². The van der Waals surface area contributed by atoms with Crippen LogP contribution in [0.15, 0.2) is 58.3 Å². The van der Waals surface area contributed by atoms with Crippen molar-refractivity contribution in [3.05, 3.63) is 75.4 Å². The minimum Gasteiger partial charge on any atom is -0.486 e. The fourth-order valence-corrected chi connectivity index (χ4v) is 4.33. The van der Waals surface area contributed by atoms with Crippen LogP contribution in [0.4, 0.5) is 0 Å². The van der Waals surface area contributed by atoms with Gasteiger partial charge in [-0.15, -0.1) is 28.1 Å². The third-order valence-electron chi connectivity index (χ3n) is 3.99. The number of fused-ring (bicyclic) bond motifs is 1. The maximum absolute atomic E-state index is 12.1. The van der Waals surface area contributed by atoms with E-state index >= 15 is 0 Å². The lowest BCUT2D eigenvalue weighted by molar-refractivity contribution is 0.289. The summed E-state index contributed by atoms with van der Waals surface area (Å²) in [6.45, 7) is 4.61. The summed E-state index contributed by atoms with van der Waals surface area (Å²) in [4.78, 5) is 19.4. The summed E-state index contributed by atoms with van der Waals surface area (Å²) in [5.41, 5.74) is 0.587. The van der Waals surface area contributed by atoms with Crippen molar-refractivity contribution >= 4 is 44.9 Å². The van der Waals surface area contributed by atoms with Gasteiger partial charge in [-0.3, -0.25) is 9.36 Å². The van der Waals surface area contributed by atoms with Gasteiger partial charge in [0.05, 0.1) is 11.3 Å². The molecule has 0 aliphatic heterocycles. The van der Waals surface area contributed by atoms with Gasteiger partial charge >= 0.3 is 0 Å². The van der Waals surface area contributed by atoms with Crippen molar-refractivity contribution in [3.63, 3.8) is 0 Å². The van der Waals surface area contributed by atoms with E-state index in [1.807, 2.05) is 16.0 Å². The summed E-state index contributed by atoms with van der Waals surface area (Å²) in [7, 11) is 0. The second-order valence-corrected chi connectivity index (χ2v) is 8.27. The fourth-order valence-electron chi connectivity index (χ4n) is 2.65. The van der Waals surface area contributed by atoms with Crippen LogP contribution in [-0.2, 0) is 18.9 Å². The molecule has 0 spiro atoms. The molecule has 29 heavy (non-hydrogen) atoms. The first-order valence-corrected chi connectivity index (χ1v) is 10.9. The second kappa shape index (κ2) is 8.81. The van der Waals surface area contributed by atoms with Gasteiger partial charge < -0.3 is 9.72 Å². The van der Waals surface area contributed by atoms with Crippen LogP contribution in [0.25, 0.3) is 10.2 Å². The molecule has 0 atom stereocenters. The molecule has 10 heteroatoms. The average Bonchev–Trinajstić information content (AvgIpc) is 3.34. The Balaban J connectivity index is 1.48. The van der Waals surface area contributed by atoms with Gasteiger partial charge in [0.25, 0.3) is 5.56 Å². The van der Waals surface area contributed by atoms with Crippen molar-refractivity contribution in [2.45, 2.75) is 24.1 Å². The number of nitrogens with zero attached hydrogens (tertiary/aromatic N) is 4. The number of thiophene rings is 1. The first-order chi connectivity index (χ1) is 14.1. The summed E-state index contributed by atoms with van der Waals surface area (Å²) in [5, 5.41) is 11.7. The van der Waals surface area contributed by atoms with Crippen LogP contribution >= 0.6 is 34.7 Å². The Morgan fingerprint density at radius 1 is 1.28 bits per heavy atom. The molecule has 0 radical (unpaired) electrons. The highest BCUT2D eigenvalue weighted by molar-refractivity contribution is 7.98. The predicted octanol–water partition coefficient (Wildman–Crippen LogP) is 4.29. The highest BCUT2D eigenvalue weighted by atomic mass is 35.5. The van der Waals surface area contributed by atoms with E-state index < -0.39 is 0 Å². The number of H-pyrrole nitrogens is 1.